The number of para-hydroxylation sites is 1. The van der Waals surface area contributed by atoms with Crippen molar-refractivity contribution >= 4 is 0 Å². The van der Waals surface area contributed by atoms with E-state index in [9.17, 15) is 5.11 Å². The summed E-state index contributed by atoms with van der Waals surface area (Å²) in [5, 5.41) is 10.4. The molecule has 0 aliphatic carbocycles. The third-order valence-corrected chi connectivity index (χ3v) is 2.90. The summed E-state index contributed by atoms with van der Waals surface area (Å²) < 4.78 is 5.87. The molecule has 0 heterocycles. The molecule has 1 N–H and O–H groups in total. The lowest BCUT2D eigenvalue weighted by Crippen LogP contribution is -2.36. The minimum atomic E-state index is -0.678. The molecule has 94 valence electrons. The van der Waals surface area contributed by atoms with Crippen molar-refractivity contribution in [3.8, 4) is 5.75 Å². The van der Waals surface area contributed by atoms with Gasteiger partial charge in [-0.05, 0) is 31.5 Å². The summed E-state index contributed by atoms with van der Waals surface area (Å²) in [6.45, 7) is 3.77. The van der Waals surface area contributed by atoms with Crippen LogP contribution in [0.1, 0.15) is 25.5 Å². The highest BCUT2D eigenvalue weighted by atomic mass is 16.5. The van der Waals surface area contributed by atoms with Gasteiger partial charge in [0.15, 0.2) is 0 Å². The van der Waals surface area contributed by atoms with Gasteiger partial charge in [0.2, 0.25) is 0 Å². The predicted molar refractivity (Wildman–Crippen MR) is 72.6 cm³/mol. The Labute approximate surface area is 108 Å². The number of benzene rings is 2. The molecule has 0 aromatic heterocycles. The van der Waals surface area contributed by atoms with Crippen LogP contribution >= 0.6 is 0 Å². The van der Waals surface area contributed by atoms with E-state index in [4.69, 9.17) is 4.74 Å². The van der Waals surface area contributed by atoms with Crippen molar-refractivity contribution in [2.75, 3.05) is 0 Å². The highest BCUT2D eigenvalue weighted by molar-refractivity contribution is 5.24. The molecule has 1 unspecified atom stereocenters. The maximum atomic E-state index is 10.4. The van der Waals surface area contributed by atoms with Crippen LogP contribution in [0.3, 0.4) is 0 Å². The first kappa shape index (κ1) is 12.7. The summed E-state index contributed by atoms with van der Waals surface area (Å²) in [5.41, 5.74) is 0.182. The molecule has 1 atom stereocenters. The van der Waals surface area contributed by atoms with E-state index in [0.29, 0.717) is 0 Å². The summed E-state index contributed by atoms with van der Waals surface area (Å²) in [6, 6.07) is 19.1. The van der Waals surface area contributed by atoms with Gasteiger partial charge >= 0.3 is 0 Å². The van der Waals surface area contributed by atoms with Gasteiger partial charge in [-0.2, -0.15) is 0 Å². The van der Waals surface area contributed by atoms with Crippen molar-refractivity contribution in [1.29, 1.82) is 0 Å². The fourth-order valence-corrected chi connectivity index (χ4v) is 1.88. The van der Waals surface area contributed by atoms with E-state index in [1.54, 1.807) is 0 Å². The SMILES string of the molecule is CC(C)(Oc1ccccc1)C(O)c1ccccc1. The monoisotopic (exact) mass is 242 g/mol. The van der Waals surface area contributed by atoms with E-state index < -0.39 is 11.7 Å². The molecule has 0 aliphatic heterocycles. The van der Waals surface area contributed by atoms with E-state index in [1.807, 2.05) is 74.5 Å². The van der Waals surface area contributed by atoms with Crippen LogP contribution in [0.4, 0.5) is 0 Å². The molecule has 0 aliphatic rings. The van der Waals surface area contributed by atoms with Crippen LogP contribution in [0, 0.1) is 0 Å². The Morgan fingerprint density at radius 3 is 1.94 bits per heavy atom. The van der Waals surface area contributed by atoms with Crippen molar-refractivity contribution < 1.29 is 9.84 Å². The number of aliphatic hydroxyl groups excluding tert-OH is 1. The van der Waals surface area contributed by atoms with Crippen molar-refractivity contribution in [3.63, 3.8) is 0 Å². The molecule has 0 saturated carbocycles. The highest BCUT2D eigenvalue weighted by Gasteiger charge is 2.31. The lowest BCUT2D eigenvalue weighted by Gasteiger charge is -2.31. The highest BCUT2D eigenvalue weighted by Crippen LogP contribution is 2.30. The lowest BCUT2D eigenvalue weighted by atomic mass is 9.94. The quantitative estimate of drug-likeness (QED) is 0.888. The third-order valence-electron chi connectivity index (χ3n) is 2.90. The molecular formula is C16H18O2. The van der Waals surface area contributed by atoms with E-state index in [0.717, 1.165) is 11.3 Å². The number of hydrogen-bond donors (Lipinski definition) is 1. The van der Waals surface area contributed by atoms with Crippen LogP contribution in [0.15, 0.2) is 60.7 Å². The first-order chi connectivity index (χ1) is 8.59. The fourth-order valence-electron chi connectivity index (χ4n) is 1.88. The Morgan fingerprint density at radius 2 is 1.39 bits per heavy atom. The summed E-state index contributed by atoms with van der Waals surface area (Å²) in [6.07, 6.45) is -0.668. The molecular weight excluding hydrogens is 224 g/mol. The molecule has 2 nitrogen and oxygen atoms in total. The Hall–Kier alpha value is -1.80. The van der Waals surface area contributed by atoms with Gasteiger partial charge in [-0.15, -0.1) is 0 Å². The molecule has 0 amide bonds. The van der Waals surface area contributed by atoms with Gasteiger partial charge in [0, 0.05) is 0 Å². The summed E-state index contributed by atoms with van der Waals surface area (Å²) in [5.74, 6) is 0.762. The van der Waals surface area contributed by atoms with Gasteiger partial charge in [0.25, 0.3) is 0 Å². The molecule has 2 aromatic rings. The van der Waals surface area contributed by atoms with Crippen LogP contribution in [-0.2, 0) is 0 Å². The number of aliphatic hydroxyl groups is 1. The third kappa shape index (κ3) is 2.90. The fraction of sp³-hybridized carbons (Fsp3) is 0.250. The molecule has 0 saturated heterocycles. The molecule has 2 heteroatoms. The zero-order valence-electron chi connectivity index (χ0n) is 10.7. The topological polar surface area (TPSA) is 29.5 Å². The van der Waals surface area contributed by atoms with E-state index >= 15 is 0 Å². The Kier molecular flexibility index (Phi) is 3.68. The Balaban J connectivity index is 2.16. The predicted octanol–water partition coefficient (Wildman–Crippen LogP) is 3.58. The van der Waals surface area contributed by atoms with Crippen LogP contribution in [-0.4, -0.2) is 10.7 Å². The molecule has 2 rings (SSSR count). The van der Waals surface area contributed by atoms with E-state index in [-0.39, 0.29) is 0 Å². The zero-order chi connectivity index (χ0) is 13.0. The average molecular weight is 242 g/mol. The van der Waals surface area contributed by atoms with Gasteiger partial charge in [-0.3, -0.25) is 0 Å². The molecule has 2 aromatic carbocycles. The van der Waals surface area contributed by atoms with Crippen LogP contribution in [0.25, 0.3) is 0 Å². The lowest BCUT2D eigenvalue weighted by molar-refractivity contribution is -0.0301. The molecule has 0 fully saturated rings. The number of rotatable bonds is 4. The van der Waals surface area contributed by atoms with Gasteiger partial charge in [-0.25, -0.2) is 0 Å². The zero-order valence-corrected chi connectivity index (χ0v) is 10.7. The minimum absolute atomic E-state index is 0.668. The van der Waals surface area contributed by atoms with Crippen molar-refractivity contribution in [2.45, 2.75) is 25.6 Å². The van der Waals surface area contributed by atoms with Crippen LogP contribution in [0.2, 0.25) is 0 Å². The van der Waals surface area contributed by atoms with Crippen molar-refractivity contribution in [3.05, 3.63) is 66.2 Å². The van der Waals surface area contributed by atoms with Gasteiger partial charge < -0.3 is 9.84 Å². The van der Waals surface area contributed by atoms with Crippen molar-refractivity contribution in [2.24, 2.45) is 0 Å². The second kappa shape index (κ2) is 5.23. The molecule has 0 spiro atoms. The summed E-state index contributed by atoms with van der Waals surface area (Å²) >= 11 is 0. The molecule has 0 bridgehead atoms. The summed E-state index contributed by atoms with van der Waals surface area (Å²) in [7, 11) is 0. The number of ether oxygens (including phenoxy) is 1. The maximum absolute atomic E-state index is 10.4. The van der Waals surface area contributed by atoms with Gasteiger partial charge in [0.1, 0.15) is 17.5 Å². The van der Waals surface area contributed by atoms with E-state index in [1.165, 1.54) is 0 Å². The van der Waals surface area contributed by atoms with Gasteiger partial charge in [0.05, 0.1) is 0 Å². The second-order valence-corrected chi connectivity index (χ2v) is 4.83. The van der Waals surface area contributed by atoms with Crippen LogP contribution in [0.5, 0.6) is 5.75 Å². The number of hydrogen-bond acceptors (Lipinski definition) is 2. The van der Waals surface area contributed by atoms with E-state index in [2.05, 4.69) is 0 Å². The maximum Gasteiger partial charge on any atom is 0.133 e. The summed E-state index contributed by atoms with van der Waals surface area (Å²) in [4.78, 5) is 0. The second-order valence-electron chi connectivity index (χ2n) is 4.83. The molecule has 0 radical (unpaired) electrons. The largest absolute Gasteiger partial charge is 0.485 e. The van der Waals surface area contributed by atoms with Crippen LogP contribution < -0.4 is 4.74 Å². The normalized spacial score (nSPS) is 13.1. The van der Waals surface area contributed by atoms with Gasteiger partial charge in [-0.1, -0.05) is 48.5 Å². The Morgan fingerprint density at radius 1 is 0.889 bits per heavy atom. The Bertz CT molecular complexity index is 477. The first-order valence-electron chi connectivity index (χ1n) is 6.07. The smallest absolute Gasteiger partial charge is 0.133 e. The standard InChI is InChI=1S/C16H18O2/c1-16(2,18-14-11-7-4-8-12-14)15(17)13-9-5-3-6-10-13/h3-12,15,17H,1-2H3. The molecule has 18 heavy (non-hydrogen) atoms. The average Bonchev–Trinajstić information content (AvgIpc) is 2.39. The first-order valence-corrected chi connectivity index (χ1v) is 6.07. The van der Waals surface area contributed by atoms with Crippen molar-refractivity contribution in [1.82, 2.24) is 0 Å². The minimum Gasteiger partial charge on any atom is -0.485 e.